The molecule has 1 aliphatic heterocycles. The third kappa shape index (κ3) is 4.51. The molecule has 110 valence electrons. The molecule has 2 rings (SSSR count). The van der Waals surface area contributed by atoms with E-state index in [-0.39, 0.29) is 18.5 Å². The first-order valence-electron chi connectivity index (χ1n) is 6.97. The van der Waals surface area contributed by atoms with Gasteiger partial charge in [0.1, 0.15) is 18.4 Å². The molecule has 1 saturated heterocycles. The molecule has 20 heavy (non-hydrogen) atoms. The molecule has 0 radical (unpaired) electrons. The summed E-state index contributed by atoms with van der Waals surface area (Å²) in [4.78, 5) is 11.8. The Hall–Kier alpha value is -1.59. The van der Waals surface area contributed by atoms with Crippen LogP contribution in [-0.4, -0.2) is 36.4 Å². The fourth-order valence-electron chi connectivity index (χ4n) is 2.19. The van der Waals surface area contributed by atoms with Crippen LogP contribution in [0.5, 0.6) is 5.75 Å². The number of benzene rings is 1. The number of ether oxygens (including phenoxy) is 2. The fraction of sp³-hybridized carbons (Fsp3) is 0.533. The van der Waals surface area contributed by atoms with Crippen LogP contribution in [0.15, 0.2) is 24.3 Å². The maximum atomic E-state index is 11.8. The van der Waals surface area contributed by atoms with Gasteiger partial charge in [0, 0.05) is 6.61 Å². The quantitative estimate of drug-likeness (QED) is 0.796. The number of aromatic hydroxyl groups is 1. The molecule has 0 amide bonds. The summed E-state index contributed by atoms with van der Waals surface area (Å²) in [6, 6.07) is 5.94. The van der Waals surface area contributed by atoms with Crippen LogP contribution in [0.1, 0.15) is 24.8 Å². The zero-order valence-corrected chi connectivity index (χ0v) is 11.5. The van der Waals surface area contributed by atoms with Gasteiger partial charge >= 0.3 is 5.97 Å². The molecule has 3 N–H and O–H groups in total. The molecular formula is C15H21NO4. The van der Waals surface area contributed by atoms with E-state index >= 15 is 0 Å². The summed E-state index contributed by atoms with van der Waals surface area (Å²) < 4.78 is 10.7. The second kappa shape index (κ2) is 7.26. The van der Waals surface area contributed by atoms with Crippen LogP contribution < -0.4 is 5.73 Å². The highest BCUT2D eigenvalue weighted by Crippen LogP contribution is 2.14. The number of carbonyl (C=O) groups is 1. The van der Waals surface area contributed by atoms with E-state index in [2.05, 4.69) is 0 Å². The molecule has 5 nitrogen and oxygen atoms in total. The summed E-state index contributed by atoms with van der Waals surface area (Å²) in [5, 5.41) is 9.19. The van der Waals surface area contributed by atoms with Crippen molar-refractivity contribution in [3.05, 3.63) is 29.8 Å². The van der Waals surface area contributed by atoms with Crippen LogP contribution in [-0.2, 0) is 20.7 Å². The second-order valence-electron chi connectivity index (χ2n) is 5.10. The van der Waals surface area contributed by atoms with Crippen molar-refractivity contribution in [1.82, 2.24) is 0 Å². The first kappa shape index (κ1) is 14.8. The normalized spacial score (nSPS) is 20.4. The van der Waals surface area contributed by atoms with Crippen LogP contribution in [0.2, 0.25) is 0 Å². The Bertz CT molecular complexity index is 426. The van der Waals surface area contributed by atoms with Gasteiger partial charge in [0.25, 0.3) is 0 Å². The van der Waals surface area contributed by atoms with E-state index in [1.807, 2.05) is 0 Å². The number of rotatable bonds is 5. The molecule has 1 fully saturated rings. The first-order valence-corrected chi connectivity index (χ1v) is 6.97. The molecule has 1 aromatic carbocycles. The van der Waals surface area contributed by atoms with Crippen molar-refractivity contribution in [3.8, 4) is 5.75 Å². The minimum Gasteiger partial charge on any atom is -0.508 e. The molecule has 0 aliphatic carbocycles. The van der Waals surface area contributed by atoms with E-state index in [4.69, 9.17) is 15.2 Å². The molecule has 1 aromatic rings. The van der Waals surface area contributed by atoms with Crippen LogP contribution in [0, 0.1) is 0 Å². The van der Waals surface area contributed by atoms with Crippen molar-refractivity contribution >= 4 is 5.97 Å². The SMILES string of the molecule is N[C@H](Cc1ccc(O)cc1)C(=O)OCC1CCCCO1. The Balaban J connectivity index is 1.75. The molecule has 0 aromatic heterocycles. The molecule has 0 bridgehead atoms. The van der Waals surface area contributed by atoms with Gasteiger partial charge in [-0.1, -0.05) is 12.1 Å². The summed E-state index contributed by atoms with van der Waals surface area (Å²) in [6.45, 7) is 1.02. The first-order chi connectivity index (χ1) is 9.65. The fourth-order valence-corrected chi connectivity index (χ4v) is 2.19. The van der Waals surface area contributed by atoms with Gasteiger partial charge in [0.05, 0.1) is 6.10 Å². The van der Waals surface area contributed by atoms with Gasteiger partial charge in [-0.3, -0.25) is 4.79 Å². The largest absolute Gasteiger partial charge is 0.508 e. The van der Waals surface area contributed by atoms with Crippen LogP contribution in [0.3, 0.4) is 0 Å². The van der Waals surface area contributed by atoms with Crippen LogP contribution >= 0.6 is 0 Å². The van der Waals surface area contributed by atoms with E-state index < -0.39 is 12.0 Å². The Morgan fingerprint density at radius 3 is 2.80 bits per heavy atom. The van der Waals surface area contributed by atoms with Gasteiger partial charge in [-0.15, -0.1) is 0 Å². The van der Waals surface area contributed by atoms with Crippen LogP contribution in [0.25, 0.3) is 0 Å². The number of hydrogen-bond donors (Lipinski definition) is 2. The number of phenolic OH excluding ortho intramolecular Hbond substituents is 1. The number of nitrogens with two attached hydrogens (primary N) is 1. The maximum absolute atomic E-state index is 11.8. The van der Waals surface area contributed by atoms with Gasteiger partial charge in [-0.2, -0.15) is 0 Å². The van der Waals surface area contributed by atoms with Crippen LogP contribution in [0.4, 0.5) is 0 Å². The molecule has 1 unspecified atom stereocenters. The van der Waals surface area contributed by atoms with Crippen molar-refractivity contribution in [1.29, 1.82) is 0 Å². The Kier molecular flexibility index (Phi) is 5.38. The van der Waals surface area contributed by atoms with Gasteiger partial charge in [-0.25, -0.2) is 0 Å². The Morgan fingerprint density at radius 2 is 2.15 bits per heavy atom. The van der Waals surface area contributed by atoms with Gasteiger partial charge in [0.2, 0.25) is 0 Å². The zero-order valence-electron chi connectivity index (χ0n) is 11.5. The lowest BCUT2D eigenvalue weighted by Gasteiger charge is -2.22. The third-order valence-corrected chi connectivity index (χ3v) is 3.38. The average Bonchev–Trinajstić information content (AvgIpc) is 2.48. The second-order valence-corrected chi connectivity index (χ2v) is 5.10. The number of carbonyl (C=O) groups excluding carboxylic acids is 1. The average molecular weight is 279 g/mol. The van der Waals surface area contributed by atoms with E-state index in [9.17, 15) is 9.90 Å². The predicted molar refractivity (Wildman–Crippen MR) is 74.3 cm³/mol. The van der Waals surface area contributed by atoms with Gasteiger partial charge in [0.15, 0.2) is 0 Å². The minimum absolute atomic E-state index is 0.00794. The monoisotopic (exact) mass is 279 g/mol. The van der Waals surface area contributed by atoms with Crippen molar-refractivity contribution in [2.75, 3.05) is 13.2 Å². The molecule has 0 spiro atoms. The Morgan fingerprint density at radius 1 is 1.40 bits per heavy atom. The molecule has 1 aliphatic rings. The molecule has 2 atom stereocenters. The highest BCUT2D eigenvalue weighted by molar-refractivity contribution is 5.75. The number of phenols is 1. The highest BCUT2D eigenvalue weighted by atomic mass is 16.6. The summed E-state index contributed by atoms with van der Waals surface area (Å²) in [6.07, 6.45) is 3.52. The molecule has 1 heterocycles. The maximum Gasteiger partial charge on any atom is 0.323 e. The summed E-state index contributed by atoms with van der Waals surface area (Å²) in [7, 11) is 0. The van der Waals surface area contributed by atoms with Crippen molar-refractivity contribution in [2.24, 2.45) is 5.73 Å². The molecular weight excluding hydrogens is 258 g/mol. The summed E-state index contributed by atoms with van der Waals surface area (Å²) in [5.74, 6) is -0.216. The predicted octanol–water partition coefficient (Wildman–Crippen LogP) is 1.37. The highest BCUT2D eigenvalue weighted by Gasteiger charge is 2.20. The Labute approximate surface area is 118 Å². The lowest BCUT2D eigenvalue weighted by Crippen LogP contribution is -2.36. The smallest absolute Gasteiger partial charge is 0.323 e. The lowest BCUT2D eigenvalue weighted by molar-refractivity contribution is -0.150. The van der Waals surface area contributed by atoms with E-state index in [0.717, 1.165) is 31.4 Å². The standard InChI is InChI=1S/C15H21NO4/c16-14(9-11-4-6-12(17)7-5-11)15(18)20-10-13-3-1-2-8-19-13/h4-7,13-14,17H,1-3,8-10,16H2/t13?,14-/m1/s1. The molecule has 5 heteroatoms. The lowest BCUT2D eigenvalue weighted by atomic mass is 10.1. The van der Waals surface area contributed by atoms with Gasteiger partial charge < -0.3 is 20.3 Å². The zero-order chi connectivity index (χ0) is 14.4. The summed E-state index contributed by atoms with van der Waals surface area (Å²) >= 11 is 0. The number of esters is 1. The van der Waals surface area contributed by atoms with Crippen molar-refractivity contribution in [2.45, 2.75) is 37.8 Å². The molecule has 0 saturated carbocycles. The van der Waals surface area contributed by atoms with Crippen molar-refractivity contribution < 1.29 is 19.4 Å². The van der Waals surface area contributed by atoms with Crippen molar-refractivity contribution in [3.63, 3.8) is 0 Å². The topological polar surface area (TPSA) is 81.8 Å². The van der Waals surface area contributed by atoms with Gasteiger partial charge in [-0.05, 0) is 43.4 Å². The van der Waals surface area contributed by atoms with E-state index in [1.54, 1.807) is 24.3 Å². The van der Waals surface area contributed by atoms with E-state index in [0.29, 0.717) is 6.42 Å². The van der Waals surface area contributed by atoms with E-state index in [1.165, 1.54) is 0 Å². The number of hydrogen-bond acceptors (Lipinski definition) is 5. The minimum atomic E-state index is -0.692. The third-order valence-electron chi connectivity index (χ3n) is 3.38. The summed E-state index contributed by atoms with van der Waals surface area (Å²) in [5.41, 5.74) is 6.72.